The highest BCUT2D eigenvalue weighted by Gasteiger charge is 2.23. The monoisotopic (exact) mass is 436 g/mol. The van der Waals surface area contributed by atoms with E-state index in [-0.39, 0.29) is 23.3 Å². The van der Waals surface area contributed by atoms with Crippen molar-refractivity contribution < 1.29 is 23.4 Å². The molecule has 2 aromatic carbocycles. The van der Waals surface area contributed by atoms with E-state index in [1.165, 1.54) is 18.2 Å². The summed E-state index contributed by atoms with van der Waals surface area (Å²) < 4.78 is 22.7. The summed E-state index contributed by atoms with van der Waals surface area (Å²) in [4.78, 5) is 25.2. The highest BCUT2D eigenvalue weighted by molar-refractivity contribution is 5.79. The maximum atomic E-state index is 12.8. The van der Waals surface area contributed by atoms with Gasteiger partial charge in [-0.1, -0.05) is 25.5 Å². The van der Waals surface area contributed by atoms with Crippen LogP contribution in [0.2, 0.25) is 0 Å². The molecule has 168 valence electrons. The molecule has 6 nitrogen and oxygen atoms in total. The van der Waals surface area contributed by atoms with E-state index in [0.29, 0.717) is 22.5 Å². The summed E-state index contributed by atoms with van der Waals surface area (Å²) in [6.45, 7) is 3.73. The van der Waals surface area contributed by atoms with Crippen LogP contribution >= 0.6 is 0 Å². The molecule has 1 heterocycles. The number of hydrogen-bond donors (Lipinski definition) is 0. The summed E-state index contributed by atoms with van der Waals surface area (Å²) in [5.41, 5.74) is 1.27. The zero-order chi connectivity index (χ0) is 22.5. The summed E-state index contributed by atoms with van der Waals surface area (Å²) >= 11 is 0. The Hall–Kier alpha value is -3.28. The molecule has 32 heavy (non-hydrogen) atoms. The molecule has 0 unspecified atom stereocenters. The molecule has 1 aliphatic carbocycles. The lowest BCUT2D eigenvalue weighted by Crippen LogP contribution is -2.31. The minimum Gasteiger partial charge on any atom is -0.479 e. The fourth-order valence-electron chi connectivity index (χ4n) is 3.85. The first-order valence-corrected chi connectivity index (χ1v) is 11.2. The van der Waals surface area contributed by atoms with Crippen molar-refractivity contribution >= 4 is 16.9 Å². The van der Waals surface area contributed by atoms with Crippen LogP contribution in [0, 0.1) is 0 Å². The van der Waals surface area contributed by atoms with Crippen molar-refractivity contribution in [3.05, 3.63) is 64.5 Å². The second-order valence-electron chi connectivity index (χ2n) is 8.14. The Morgan fingerprint density at radius 2 is 1.78 bits per heavy atom. The van der Waals surface area contributed by atoms with Gasteiger partial charge >= 0.3 is 5.97 Å². The van der Waals surface area contributed by atoms with E-state index < -0.39 is 6.10 Å². The van der Waals surface area contributed by atoms with Gasteiger partial charge in [-0.3, -0.25) is 4.79 Å². The van der Waals surface area contributed by atoms with Gasteiger partial charge in [0.2, 0.25) is 11.2 Å². The lowest BCUT2D eigenvalue weighted by Gasteiger charge is -2.23. The molecule has 0 radical (unpaired) electrons. The van der Waals surface area contributed by atoms with Crippen molar-refractivity contribution in [2.45, 2.75) is 64.6 Å². The molecule has 1 atom stereocenters. The van der Waals surface area contributed by atoms with Gasteiger partial charge in [0.15, 0.2) is 6.10 Å². The van der Waals surface area contributed by atoms with E-state index >= 15 is 0 Å². The third kappa shape index (κ3) is 5.13. The fraction of sp³-hybridized carbons (Fsp3) is 0.385. The van der Waals surface area contributed by atoms with Gasteiger partial charge in [-0.05, 0) is 68.9 Å². The molecule has 1 aliphatic rings. The maximum Gasteiger partial charge on any atom is 0.347 e. The summed E-state index contributed by atoms with van der Waals surface area (Å²) in [7, 11) is 0. The van der Waals surface area contributed by atoms with Crippen molar-refractivity contribution in [2.75, 3.05) is 0 Å². The predicted molar refractivity (Wildman–Crippen MR) is 121 cm³/mol. The van der Waals surface area contributed by atoms with E-state index in [1.54, 1.807) is 25.1 Å². The third-order valence-electron chi connectivity index (χ3n) is 5.75. The van der Waals surface area contributed by atoms with Crippen LogP contribution < -0.4 is 14.9 Å². The summed E-state index contributed by atoms with van der Waals surface area (Å²) in [6, 6.07) is 12.4. The summed E-state index contributed by atoms with van der Waals surface area (Å²) in [6.07, 6.45) is 6.64. The second kappa shape index (κ2) is 9.90. The van der Waals surface area contributed by atoms with Crippen LogP contribution in [0.15, 0.2) is 57.9 Å². The topological polar surface area (TPSA) is 75.0 Å². The molecule has 1 saturated carbocycles. The Kier molecular flexibility index (Phi) is 6.78. The molecular weight excluding hydrogens is 408 g/mol. The third-order valence-corrected chi connectivity index (χ3v) is 5.75. The number of hydrogen-bond acceptors (Lipinski definition) is 6. The van der Waals surface area contributed by atoms with E-state index in [9.17, 15) is 9.59 Å². The van der Waals surface area contributed by atoms with Crippen molar-refractivity contribution in [3.8, 4) is 17.2 Å². The molecule has 0 amide bonds. The number of aryl methyl sites for hydroxylation is 1. The zero-order valence-corrected chi connectivity index (χ0v) is 18.5. The Balaban J connectivity index is 1.45. The van der Waals surface area contributed by atoms with Crippen LogP contribution in [-0.2, 0) is 16.0 Å². The van der Waals surface area contributed by atoms with E-state index in [4.69, 9.17) is 18.6 Å². The number of fused-ring (bicyclic) bond motifs is 1. The standard InChI is InChI=1S/C26H28O6/c1-3-18-9-11-20(12-10-18)31-24-16-29-23-15-21(13-14-22(23)25(24)27)30-17(2)26(28)32-19-7-5-4-6-8-19/h9-17,19H,3-8H2,1-2H3/t17-/m1/s1. The van der Waals surface area contributed by atoms with Gasteiger partial charge < -0.3 is 18.6 Å². The molecule has 4 rings (SSSR count). The van der Waals surface area contributed by atoms with Gasteiger partial charge in [0, 0.05) is 6.07 Å². The van der Waals surface area contributed by atoms with Gasteiger partial charge in [0.25, 0.3) is 0 Å². The Morgan fingerprint density at radius 3 is 2.50 bits per heavy atom. The lowest BCUT2D eigenvalue weighted by atomic mass is 9.98. The SMILES string of the molecule is CCc1ccc(Oc2coc3cc(O[C@H](C)C(=O)OC4CCCCC4)ccc3c2=O)cc1. The average molecular weight is 437 g/mol. The molecule has 0 spiro atoms. The molecule has 0 aliphatic heterocycles. The largest absolute Gasteiger partial charge is 0.479 e. The quantitative estimate of drug-likeness (QED) is 0.436. The Morgan fingerprint density at radius 1 is 1.06 bits per heavy atom. The minimum atomic E-state index is -0.755. The first-order chi connectivity index (χ1) is 15.5. The van der Waals surface area contributed by atoms with Crippen molar-refractivity contribution in [1.82, 2.24) is 0 Å². The van der Waals surface area contributed by atoms with Crippen molar-refractivity contribution in [1.29, 1.82) is 0 Å². The minimum absolute atomic E-state index is 0.0199. The van der Waals surface area contributed by atoms with E-state index in [2.05, 4.69) is 6.92 Å². The molecule has 0 N–H and O–H groups in total. The molecule has 1 aromatic heterocycles. The number of esters is 1. The van der Waals surface area contributed by atoms with Gasteiger partial charge in [-0.25, -0.2) is 4.79 Å². The van der Waals surface area contributed by atoms with E-state index in [0.717, 1.165) is 32.1 Å². The molecular formula is C26H28O6. The number of ether oxygens (including phenoxy) is 3. The predicted octanol–water partition coefficient (Wildman–Crippen LogP) is 5.79. The van der Waals surface area contributed by atoms with Crippen LogP contribution in [0.25, 0.3) is 11.0 Å². The van der Waals surface area contributed by atoms with Crippen LogP contribution in [0.1, 0.15) is 51.5 Å². The first-order valence-electron chi connectivity index (χ1n) is 11.2. The number of carbonyl (C=O) groups excluding carboxylic acids is 1. The molecule has 0 bridgehead atoms. The molecule has 1 fully saturated rings. The summed E-state index contributed by atoms with van der Waals surface area (Å²) in [5.74, 6) is 0.729. The smallest absolute Gasteiger partial charge is 0.347 e. The molecule has 3 aromatic rings. The highest BCUT2D eigenvalue weighted by Crippen LogP contribution is 2.26. The van der Waals surface area contributed by atoms with Crippen LogP contribution in [0.3, 0.4) is 0 Å². The van der Waals surface area contributed by atoms with Gasteiger partial charge in [0.05, 0.1) is 5.39 Å². The van der Waals surface area contributed by atoms with Crippen molar-refractivity contribution in [2.24, 2.45) is 0 Å². The molecule has 0 saturated heterocycles. The highest BCUT2D eigenvalue weighted by atomic mass is 16.6. The maximum absolute atomic E-state index is 12.8. The normalized spacial score (nSPS) is 15.3. The van der Waals surface area contributed by atoms with Crippen LogP contribution in [0.5, 0.6) is 17.2 Å². The Labute approximate surface area is 187 Å². The lowest BCUT2D eigenvalue weighted by molar-refractivity contribution is -0.158. The van der Waals surface area contributed by atoms with Gasteiger partial charge in [-0.2, -0.15) is 0 Å². The number of carbonyl (C=O) groups is 1. The fourth-order valence-corrected chi connectivity index (χ4v) is 3.85. The zero-order valence-electron chi connectivity index (χ0n) is 18.5. The number of benzene rings is 2. The van der Waals surface area contributed by atoms with Gasteiger partial charge in [0.1, 0.15) is 29.4 Å². The first kappa shape index (κ1) is 21.9. The van der Waals surface area contributed by atoms with Crippen LogP contribution in [-0.4, -0.2) is 18.2 Å². The summed E-state index contributed by atoms with van der Waals surface area (Å²) in [5, 5.41) is 0.373. The average Bonchev–Trinajstić information content (AvgIpc) is 2.82. The Bertz CT molecular complexity index is 1130. The molecule has 6 heteroatoms. The van der Waals surface area contributed by atoms with Crippen molar-refractivity contribution in [3.63, 3.8) is 0 Å². The van der Waals surface area contributed by atoms with Crippen LogP contribution in [0.4, 0.5) is 0 Å². The van der Waals surface area contributed by atoms with E-state index in [1.807, 2.05) is 24.3 Å². The van der Waals surface area contributed by atoms with Gasteiger partial charge in [-0.15, -0.1) is 0 Å². The number of rotatable bonds is 7. The second-order valence-corrected chi connectivity index (χ2v) is 8.14.